The highest BCUT2D eigenvalue weighted by Crippen LogP contribution is 2.28. The number of aromatic nitrogens is 2. The van der Waals surface area contributed by atoms with Crippen LogP contribution in [0.15, 0.2) is 74.8 Å². The second-order valence-electron chi connectivity index (χ2n) is 7.58. The summed E-state index contributed by atoms with van der Waals surface area (Å²) >= 11 is 8.71. The van der Waals surface area contributed by atoms with Gasteiger partial charge in [0, 0.05) is 13.1 Å². The van der Waals surface area contributed by atoms with Gasteiger partial charge >= 0.3 is 0 Å². The van der Waals surface area contributed by atoms with Gasteiger partial charge in [-0.05, 0) is 41.8 Å². The van der Waals surface area contributed by atoms with E-state index in [1.54, 1.807) is 37.4 Å². The van der Waals surface area contributed by atoms with Gasteiger partial charge in [-0.15, -0.1) is 11.3 Å². The molecule has 2 heterocycles. The lowest BCUT2D eigenvalue weighted by molar-refractivity contribution is -0.113. The van der Waals surface area contributed by atoms with Crippen molar-refractivity contribution < 1.29 is 13.2 Å². The van der Waals surface area contributed by atoms with E-state index < -0.39 is 15.9 Å². The van der Waals surface area contributed by atoms with E-state index in [1.165, 1.54) is 38.4 Å². The van der Waals surface area contributed by atoms with Crippen molar-refractivity contribution in [2.45, 2.75) is 23.9 Å². The van der Waals surface area contributed by atoms with E-state index in [4.69, 9.17) is 11.6 Å². The molecule has 0 spiro atoms. The molecule has 0 unspecified atom stereocenters. The highest BCUT2D eigenvalue weighted by Gasteiger charge is 2.23. The maximum atomic E-state index is 13.2. The Morgan fingerprint density at radius 2 is 1.86 bits per heavy atom. The fraction of sp³-hybridized carbons (Fsp3) is 0.208. The molecule has 0 aliphatic rings. The van der Waals surface area contributed by atoms with Crippen LogP contribution in [0.5, 0.6) is 0 Å². The third-order valence-corrected chi connectivity index (χ3v) is 9.49. The Hall–Kier alpha value is -2.70. The maximum Gasteiger partial charge on any atom is 0.267 e. The van der Waals surface area contributed by atoms with Crippen molar-refractivity contribution in [3.8, 4) is 5.69 Å². The number of nitrogens with zero attached hydrogens (tertiary/aromatic N) is 3. The minimum Gasteiger partial charge on any atom is -0.324 e. The Bertz CT molecular complexity index is 1570. The Morgan fingerprint density at radius 3 is 2.56 bits per heavy atom. The number of carbonyl (C=O) groups excluding carboxylic acids is 1. The van der Waals surface area contributed by atoms with Crippen LogP contribution < -0.4 is 10.9 Å². The van der Waals surface area contributed by atoms with E-state index in [0.717, 1.165) is 11.8 Å². The molecule has 12 heteroatoms. The van der Waals surface area contributed by atoms with Gasteiger partial charge in [0.25, 0.3) is 5.56 Å². The number of fused-ring (bicyclic) bond motifs is 1. The van der Waals surface area contributed by atoms with E-state index in [2.05, 4.69) is 10.3 Å². The molecule has 0 aliphatic heterocycles. The lowest BCUT2D eigenvalue weighted by Crippen LogP contribution is -2.30. The summed E-state index contributed by atoms with van der Waals surface area (Å²) < 4.78 is 28.5. The van der Waals surface area contributed by atoms with Crippen LogP contribution in [0.1, 0.15) is 13.8 Å². The van der Waals surface area contributed by atoms with Crippen LogP contribution in [0.4, 0.5) is 5.69 Å². The molecule has 0 radical (unpaired) electrons. The molecule has 2 aromatic heterocycles. The fourth-order valence-corrected chi connectivity index (χ4v) is 6.85. The topological polar surface area (TPSA) is 101 Å². The summed E-state index contributed by atoms with van der Waals surface area (Å²) in [6.07, 6.45) is 0. The lowest BCUT2D eigenvalue weighted by Gasteiger charge is -2.19. The van der Waals surface area contributed by atoms with Crippen LogP contribution in [0.3, 0.4) is 0 Å². The van der Waals surface area contributed by atoms with Crippen LogP contribution in [0.2, 0.25) is 5.02 Å². The SMILES string of the molecule is CCN(CC)S(=O)(=O)c1ccc(Cl)c(NC(=O)CSc2nc3sccc3c(=O)n2-c2ccccc2)c1. The molecule has 0 bridgehead atoms. The first-order chi connectivity index (χ1) is 17.3. The molecular formula is C24H23ClN4O4S3. The van der Waals surface area contributed by atoms with Crippen molar-refractivity contribution >= 4 is 66.5 Å². The predicted molar refractivity (Wildman–Crippen MR) is 146 cm³/mol. The maximum absolute atomic E-state index is 13.2. The van der Waals surface area contributed by atoms with Crippen LogP contribution in [0, 0.1) is 0 Å². The van der Waals surface area contributed by atoms with E-state index in [9.17, 15) is 18.0 Å². The van der Waals surface area contributed by atoms with Gasteiger partial charge in [-0.3, -0.25) is 14.2 Å². The first-order valence-corrected chi connectivity index (χ1v) is 14.7. The molecule has 1 N–H and O–H groups in total. The molecule has 4 rings (SSSR count). The van der Waals surface area contributed by atoms with Crippen LogP contribution in [-0.2, 0) is 14.8 Å². The third kappa shape index (κ3) is 5.35. The smallest absolute Gasteiger partial charge is 0.267 e. The van der Waals surface area contributed by atoms with Crippen LogP contribution in [-0.4, -0.2) is 47.0 Å². The number of amides is 1. The summed E-state index contributed by atoms with van der Waals surface area (Å²) in [7, 11) is -3.72. The van der Waals surface area contributed by atoms with Crippen molar-refractivity contribution in [1.29, 1.82) is 0 Å². The Kier molecular flexibility index (Phi) is 8.16. The number of para-hydroxylation sites is 1. The molecule has 0 saturated heterocycles. The summed E-state index contributed by atoms with van der Waals surface area (Å²) in [4.78, 5) is 31.2. The van der Waals surface area contributed by atoms with E-state index >= 15 is 0 Å². The molecule has 8 nitrogen and oxygen atoms in total. The lowest BCUT2D eigenvalue weighted by atomic mass is 10.3. The zero-order valence-corrected chi connectivity index (χ0v) is 22.7. The van der Waals surface area contributed by atoms with Crippen molar-refractivity contribution in [2.75, 3.05) is 24.2 Å². The number of nitrogens with one attached hydrogen (secondary N) is 1. The molecule has 0 atom stereocenters. The van der Waals surface area contributed by atoms with Gasteiger partial charge in [0.15, 0.2) is 5.16 Å². The fourth-order valence-electron chi connectivity index (χ4n) is 3.59. The minimum absolute atomic E-state index is 0.0429. The average Bonchev–Trinajstić information content (AvgIpc) is 3.34. The molecule has 4 aromatic rings. The molecular weight excluding hydrogens is 540 g/mol. The van der Waals surface area contributed by atoms with Gasteiger partial charge in [0.1, 0.15) is 4.83 Å². The van der Waals surface area contributed by atoms with Gasteiger partial charge in [0.2, 0.25) is 15.9 Å². The Morgan fingerprint density at radius 1 is 1.14 bits per heavy atom. The van der Waals surface area contributed by atoms with Gasteiger partial charge in [0.05, 0.1) is 32.4 Å². The Balaban J connectivity index is 1.58. The zero-order chi connectivity index (χ0) is 25.9. The summed E-state index contributed by atoms with van der Waals surface area (Å²) in [5.41, 5.74) is 0.619. The number of hydrogen-bond acceptors (Lipinski definition) is 7. The van der Waals surface area contributed by atoms with Crippen molar-refractivity contribution in [3.05, 3.63) is 75.4 Å². The average molecular weight is 563 g/mol. The van der Waals surface area contributed by atoms with Gasteiger partial charge in [-0.25, -0.2) is 13.4 Å². The van der Waals surface area contributed by atoms with Gasteiger partial charge in [-0.1, -0.05) is 55.4 Å². The monoisotopic (exact) mass is 562 g/mol. The van der Waals surface area contributed by atoms with Crippen molar-refractivity contribution in [3.63, 3.8) is 0 Å². The van der Waals surface area contributed by atoms with Gasteiger partial charge < -0.3 is 5.32 Å². The number of sulfonamides is 1. The second kappa shape index (κ2) is 11.1. The normalized spacial score (nSPS) is 11.8. The van der Waals surface area contributed by atoms with Crippen LogP contribution >= 0.6 is 34.7 Å². The summed E-state index contributed by atoms with van der Waals surface area (Å²) in [6.45, 7) is 4.16. The summed E-state index contributed by atoms with van der Waals surface area (Å²) in [5, 5.41) is 5.59. The van der Waals surface area contributed by atoms with Crippen LogP contribution in [0.25, 0.3) is 15.9 Å². The second-order valence-corrected chi connectivity index (χ2v) is 11.8. The molecule has 0 fully saturated rings. The quantitative estimate of drug-likeness (QED) is 0.231. The molecule has 2 aromatic carbocycles. The number of hydrogen-bond donors (Lipinski definition) is 1. The Labute approximate surface area is 222 Å². The molecule has 0 saturated carbocycles. The van der Waals surface area contributed by atoms with Crippen molar-refractivity contribution in [2.24, 2.45) is 0 Å². The highest BCUT2D eigenvalue weighted by molar-refractivity contribution is 7.99. The van der Waals surface area contributed by atoms with E-state index in [0.29, 0.717) is 34.1 Å². The number of benzene rings is 2. The molecule has 0 aliphatic carbocycles. The molecule has 36 heavy (non-hydrogen) atoms. The van der Waals surface area contributed by atoms with Gasteiger partial charge in [-0.2, -0.15) is 4.31 Å². The zero-order valence-electron chi connectivity index (χ0n) is 19.5. The molecule has 1 amide bonds. The van der Waals surface area contributed by atoms with Crippen molar-refractivity contribution in [1.82, 2.24) is 13.9 Å². The van der Waals surface area contributed by atoms with E-state index in [-0.39, 0.29) is 26.9 Å². The minimum atomic E-state index is -3.72. The standard InChI is InChI=1S/C24H23ClN4O4S3/c1-3-28(4-2)36(32,33)17-10-11-19(25)20(14-17)26-21(30)15-35-24-27-22-18(12-13-34-22)23(31)29(24)16-8-6-5-7-9-16/h5-14H,3-4,15H2,1-2H3,(H,26,30). The summed E-state index contributed by atoms with van der Waals surface area (Å²) in [6, 6.07) is 15.0. The number of halogens is 1. The first kappa shape index (κ1) is 26.4. The predicted octanol–water partition coefficient (Wildman–Crippen LogP) is 4.86. The highest BCUT2D eigenvalue weighted by atomic mass is 35.5. The number of anilines is 1. The first-order valence-electron chi connectivity index (χ1n) is 11.0. The third-order valence-electron chi connectivity index (χ3n) is 5.37. The largest absolute Gasteiger partial charge is 0.324 e. The number of thiophene rings is 1. The summed E-state index contributed by atoms with van der Waals surface area (Å²) in [5.74, 6) is -0.487. The molecule has 188 valence electrons. The number of rotatable bonds is 9. The number of carbonyl (C=O) groups is 1. The van der Waals surface area contributed by atoms with E-state index in [1.807, 2.05) is 18.2 Å². The number of thioether (sulfide) groups is 1.